The Balaban J connectivity index is 3.32. The number of aryl methyl sites for hydroxylation is 1. The van der Waals surface area contributed by atoms with Crippen molar-refractivity contribution in [2.75, 3.05) is 0 Å². The fourth-order valence-corrected chi connectivity index (χ4v) is 0.777. The van der Waals surface area contributed by atoms with Crippen molar-refractivity contribution < 1.29 is 0 Å². The largest absolute Gasteiger partial charge is 0.369 e. The zero-order valence-electron chi connectivity index (χ0n) is 6.16. The van der Waals surface area contributed by atoms with Gasteiger partial charge >= 0.3 is 0 Å². The van der Waals surface area contributed by atoms with Gasteiger partial charge in [0.05, 0.1) is 0 Å². The summed E-state index contributed by atoms with van der Waals surface area (Å²) in [4.78, 5) is 11.0. The van der Waals surface area contributed by atoms with Crippen molar-refractivity contribution in [1.82, 2.24) is 4.57 Å². The summed E-state index contributed by atoms with van der Waals surface area (Å²) >= 11 is 0. The van der Waals surface area contributed by atoms with Gasteiger partial charge in [-0.3, -0.25) is 14.8 Å². The SMILES string of the molecule is Cc1ccn(C(=N)N)c(=O)c1. The zero-order chi connectivity index (χ0) is 8.43. The Bertz CT molecular complexity index is 340. The van der Waals surface area contributed by atoms with Gasteiger partial charge in [0.1, 0.15) is 0 Å². The highest BCUT2D eigenvalue weighted by Crippen LogP contribution is 1.88. The van der Waals surface area contributed by atoms with Gasteiger partial charge in [-0.25, -0.2) is 0 Å². The fourth-order valence-electron chi connectivity index (χ4n) is 0.777. The van der Waals surface area contributed by atoms with Crippen molar-refractivity contribution in [2.45, 2.75) is 6.92 Å². The fraction of sp³-hybridized carbons (Fsp3) is 0.143. The van der Waals surface area contributed by atoms with Gasteiger partial charge in [-0.2, -0.15) is 0 Å². The molecular formula is C7H9N3O. The Labute approximate surface area is 63.8 Å². The summed E-state index contributed by atoms with van der Waals surface area (Å²) in [5, 5.41) is 6.99. The molecule has 0 atom stereocenters. The highest BCUT2D eigenvalue weighted by Gasteiger charge is 1.96. The van der Waals surface area contributed by atoms with Crippen LogP contribution in [0, 0.1) is 12.3 Å². The molecule has 0 fully saturated rings. The van der Waals surface area contributed by atoms with E-state index in [-0.39, 0.29) is 11.5 Å². The molecule has 1 aromatic rings. The number of nitrogens with two attached hydrogens (primary N) is 1. The quantitative estimate of drug-likeness (QED) is 0.401. The lowest BCUT2D eigenvalue weighted by Crippen LogP contribution is -2.31. The van der Waals surface area contributed by atoms with Crippen molar-refractivity contribution in [3.63, 3.8) is 0 Å². The Kier molecular flexibility index (Phi) is 1.76. The van der Waals surface area contributed by atoms with Gasteiger partial charge in [-0.05, 0) is 18.6 Å². The van der Waals surface area contributed by atoms with E-state index < -0.39 is 0 Å². The summed E-state index contributed by atoms with van der Waals surface area (Å²) in [6.07, 6.45) is 1.49. The summed E-state index contributed by atoms with van der Waals surface area (Å²) in [5.41, 5.74) is 5.71. The average molecular weight is 151 g/mol. The number of aromatic nitrogens is 1. The first-order valence-corrected chi connectivity index (χ1v) is 3.15. The van der Waals surface area contributed by atoms with E-state index in [9.17, 15) is 4.79 Å². The van der Waals surface area contributed by atoms with Crippen LogP contribution in [0.5, 0.6) is 0 Å². The standard InChI is InChI=1S/C7H9N3O/c1-5-2-3-10(7(8)9)6(11)4-5/h2-4H,1H3,(H3,8,9). The molecule has 0 amide bonds. The van der Waals surface area contributed by atoms with E-state index in [0.29, 0.717) is 0 Å². The molecule has 0 unspecified atom stereocenters. The van der Waals surface area contributed by atoms with Gasteiger partial charge in [-0.15, -0.1) is 0 Å². The molecular weight excluding hydrogens is 142 g/mol. The van der Waals surface area contributed by atoms with Crippen molar-refractivity contribution in [3.8, 4) is 0 Å². The minimum atomic E-state index is -0.266. The molecule has 58 valence electrons. The van der Waals surface area contributed by atoms with Gasteiger partial charge in [0.2, 0.25) is 0 Å². The lowest BCUT2D eigenvalue weighted by Gasteiger charge is -2.00. The first-order valence-electron chi connectivity index (χ1n) is 3.15. The van der Waals surface area contributed by atoms with E-state index in [4.69, 9.17) is 11.1 Å². The van der Waals surface area contributed by atoms with Crippen LogP contribution in [0.25, 0.3) is 0 Å². The first-order chi connectivity index (χ1) is 5.11. The van der Waals surface area contributed by atoms with Crippen molar-refractivity contribution in [3.05, 3.63) is 34.2 Å². The molecule has 4 heteroatoms. The smallest absolute Gasteiger partial charge is 0.257 e. The molecule has 0 aliphatic heterocycles. The molecule has 3 N–H and O–H groups in total. The number of hydrogen-bond acceptors (Lipinski definition) is 2. The van der Waals surface area contributed by atoms with Crippen molar-refractivity contribution in [2.24, 2.45) is 5.73 Å². The van der Waals surface area contributed by atoms with Crippen LogP contribution in [0.1, 0.15) is 5.56 Å². The van der Waals surface area contributed by atoms with Crippen LogP contribution in [-0.2, 0) is 0 Å². The third-order valence-electron chi connectivity index (χ3n) is 1.33. The second-order valence-electron chi connectivity index (χ2n) is 2.30. The van der Waals surface area contributed by atoms with Gasteiger partial charge in [0.25, 0.3) is 5.56 Å². The molecule has 0 saturated heterocycles. The van der Waals surface area contributed by atoms with Gasteiger partial charge < -0.3 is 5.73 Å². The monoisotopic (exact) mass is 151 g/mol. The molecule has 1 heterocycles. The minimum Gasteiger partial charge on any atom is -0.369 e. The second-order valence-corrected chi connectivity index (χ2v) is 2.30. The highest BCUT2D eigenvalue weighted by atomic mass is 16.1. The number of nitrogens with zero attached hydrogens (tertiary/aromatic N) is 1. The van der Waals surface area contributed by atoms with E-state index in [1.165, 1.54) is 12.3 Å². The third kappa shape index (κ3) is 1.46. The number of pyridine rings is 1. The Morgan fingerprint density at radius 1 is 1.73 bits per heavy atom. The Morgan fingerprint density at radius 3 is 2.82 bits per heavy atom. The molecule has 0 saturated carbocycles. The van der Waals surface area contributed by atoms with Crippen molar-refractivity contribution >= 4 is 5.96 Å². The van der Waals surface area contributed by atoms with Gasteiger partial charge in [0.15, 0.2) is 5.96 Å². The Morgan fingerprint density at radius 2 is 2.36 bits per heavy atom. The second kappa shape index (κ2) is 2.57. The summed E-state index contributed by atoms with van der Waals surface area (Å²) in [5.74, 6) is -0.255. The molecule has 0 spiro atoms. The predicted octanol–water partition coefficient (Wildman–Crippen LogP) is -0.102. The summed E-state index contributed by atoms with van der Waals surface area (Å²) in [6, 6.07) is 3.16. The number of nitrogen functional groups attached to an aromatic ring is 1. The van der Waals surface area contributed by atoms with Crippen LogP contribution in [0.2, 0.25) is 0 Å². The average Bonchev–Trinajstić information content (AvgIpc) is 1.85. The van der Waals surface area contributed by atoms with Crippen LogP contribution >= 0.6 is 0 Å². The Hall–Kier alpha value is -1.58. The molecule has 0 radical (unpaired) electrons. The molecule has 0 aliphatic rings. The van der Waals surface area contributed by atoms with Crippen molar-refractivity contribution in [1.29, 1.82) is 5.41 Å². The van der Waals surface area contributed by atoms with E-state index in [2.05, 4.69) is 0 Å². The van der Waals surface area contributed by atoms with Crippen LogP contribution < -0.4 is 11.3 Å². The first kappa shape index (κ1) is 7.53. The predicted molar refractivity (Wildman–Crippen MR) is 42.8 cm³/mol. The maximum atomic E-state index is 11.0. The molecule has 1 aromatic heterocycles. The van der Waals surface area contributed by atoms with Crippen LogP contribution in [0.15, 0.2) is 23.1 Å². The maximum Gasteiger partial charge on any atom is 0.257 e. The van der Waals surface area contributed by atoms with Crippen LogP contribution in [0.3, 0.4) is 0 Å². The minimum absolute atomic E-state index is 0.255. The normalized spacial score (nSPS) is 9.55. The number of nitrogens with one attached hydrogen (secondary N) is 1. The van der Waals surface area contributed by atoms with Crippen LogP contribution in [0.4, 0.5) is 0 Å². The molecule has 0 aliphatic carbocycles. The number of hydrogen-bond donors (Lipinski definition) is 2. The highest BCUT2D eigenvalue weighted by molar-refractivity contribution is 5.76. The van der Waals surface area contributed by atoms with Gasteiger partial charge in [0, 0.05) is 12.3 Å². The van der Waals surface area contributed by atoms with E-state index >= 15 is 0 Å². The summed E-state index contributed by atoms with van der Waals surface area (Å²) in [6.45, 7) is 1.81. The topological polar surface area (TPSA) is 71.9 Å². The lowest BCUT2D eigenvalue weighted by atomic mass is 10.3. The van der Waals surface area contributed by atoms with Gasteiger partial charge in [-0.1, -0.05) is 0 Å². The zero-order valence-corrected chi connectivity index (χ0v) is 6.16. The number of rotatable bonds is 0. The molecule has 11 heavy (non-hydrogen) atoms. The maximum absolute atomic E-state index is 11.0. The van der Waals surface area contributed by atoms with Crippen LogP contribution in [-0.4, -0.2) is 10.5 Å². The van der Waals surface area contributed by atoms with E-state index in [0.717, 1.165) is 10.1 Å². The summed E-state index contributed by atoms with van der Waals surface area (Å²) < 4.78 is 1.08. The van der Waals surface area contributed by atoms with E-state index in [1.807, 2.05) is 6.92 Å². The molecule has 1 rings (SSSR count). The lowest BCUT2D eigenvalue weighted by molar-refractivity contribution is 1.01. The molecule has 0 bridgehead atoms. The molecule has 4 nitrogen and oxygen atoms in total. The van der Waals surface area contributed by atoms with E-state index in [1.54, 1.807) is 6.07 Å². The third-order valence-corrected chi connectivity index (χ3v) is 1.33. The summed E-state index contributed by atoms with van der Waals surface area (Å²) in [7, 11) is 0. The molecule has 0 aromatic carbocycles.